The van der Waals surface area contributed by atoms with Gasteiger partial charge in [0.1, 0.15) is 0 Å². The van der Waals surface area contributed by atoms with Gasteiger partial charge in [-0.3, -0.25) is 18.5 Å². The molecule has 1 aliphatic rings. The summed E-state index contributed by atoms with van der Waals surface area (Å²) in [5.41, 5.74) is 0.217. The molecule has 0 amide bonds. The molecule has 2 aromatic rings. The lowest BCUT2D eigenvalue weighted by atomic mass is 10.4. The molecule has 0 unspecified atom stereocenters. The van der Waals surface area contributed by atoms with E-state index in [1.807, 2.05) is 11.6 Å². The van der Waals surface area contributed by atoms with Crippen LogP contribution < -0.4 is 21.5 Å². The van der Waals surface area contributed by atoms with Crippen LogP contribution in [-0.4, -0.2) is 44.9 Å². The molecule has 1 N–H and O–H groups in total. The number of nitrogens with one attached hydrogen (secondary N) is 1. The summed E-state index contributed by atoms with van der Waals surface area (Å²) < 4.78 is 4.38. The Balaban J connectivity index is 2.29. The summed E-state index contributed by atoms with van der Waals surface area (Å²) in [4.78, 5) is 30.8. The van der Waals surface area contributed by atoms with Crippen molar-refractivity contribution in [2.24, 2.45) is 21.1 Å². The molecule has 0 aromatic carbocycles. The summed E-state index contributed by atoms with van der Waals surface area (Å²) in [7, 11) is 4.97. The minimum atomic E-state index is -0.347. The fourth-order valence-corrected chi connectivity index (χ4v) is 2.71. The van der Waals surface area contributed by atoms with Crippen LogP contribution in [0, 0.1) is 0 Å². The third-order valence-corrected chi connectivity index (χ3v) is 3.84. The highest BCUT2D eigenvalue weighted by atomic mass is 16.2. The van der Waals surface area contributed by atoms with E-state index in [-0.39, 0.29) is 11.2 Å². The maximum Gasteiger partial charge on any atom is 0.332 e. The number of hydrogen-bond donors (Lipinski definition) is 1. The molecule has 0 atom stereocenters. The lowest BCUT2D eigenvalue weighted by Gasteiger charge is -2.28. The molecule has 108 valence electrons. The van der Waals surface area contributed by atoms with Crippen LogP contribution in [0.3, 0.4) is 0 Å². The second-order valence-corrected chi connectivity index (χ2v) is 5.09. The zero-order valence-corrected chi connectivity index (χ0v) is 11.9. The standard InChI is InChI=1S/C12H18N6O2/c1-15-9-8(10(19)17(3)12(20)16(9)2)14-11(15)18-6-4-13-5-7-18/h13H,4-7H2,1-3H3. The van der Waals surface area contributed by atoms with Crippen LogP contribution in [0.4, 0.5) is 5.95 Å². The molecule has 1 saturated heterocycles. The van der Waals surface area contributed by atoms with E-state index in [1.165, 1.54) is 11.6 Å². The van der Waals surface area contributed by atoms with Crippen LogP contribution in [0.25, 0.3) is 11.2 Å². The van der Waals surface area contributed by atoms with Gasteiger partial charge in [-0.15, -0.1) is 0 Å². The highest BCUT2D eigenvalue weighted by Crippen LogP contribution is 2.17. The van der Waals surface area contributed by atoms with Gasteiger partial charge >= 0.3 is 5.69 Å². The van der Waals surface area contributed by atoms with Crippen molar-refractivity contribution in [3.63, 3.8) is 0 Å². The fourth-order valence-electron chi connectivity index (χ4n) is 2.71. The third kappa shape index (κ3) is 1.68. The van der Waals surface area contributed by atoms with Crippen LogP contribution in [-0.2, 0) is 21.1 Å². The van der Waals surface area contributed by atoms with E-state index in [1.54, 1.807) is 7.05 Å². The number of rotatable bonds is 1. The average Bonchev–Trinajstić information content (AvgIpc) is 2.81. The van der Waals surface area contributed by atoms with Gasteiger partial charge in [0.2, 0.25) is 5.95 Å². The van der Waals surface area contributed by atoms with E-state index in [2.05, 4.69) is 15.2 Å². The molecular formula is C12H18N6O2. The van der Waals surface area contributed by atoms with E-state index < -0.39 is 0 Å². The van der Waals surface area contributed by atoms with Gasteiger partial charge in [0.15, 0.2) is 11.2 Å². The highest BCUT2D eigenvalue weighted by Gasteiger charge is 2.21. The van der Waals surface area contributed by atoms with Gasteiger partial charge in [0, 0.05) is 47.3 Å². The first-order chi connectivity index (χ1) is 9.52. The van der Waals surface area contributed by atoms with Crippen molar-refractivity contribution in [1.82, 2.24) is 24.0 Å². The highest BCUT2D eigenvalue weighted by molar-refractivity contribution is 5.74. The molecule has 0 aliphatic carbocycles. The topological polar surface area (TPSA) is 77.1 Å². The maximum atomic E-state index is 12.2. The van der Waals surface area contributed by atoms with Crippen molar-refractivity contribution in [2.45, 2.75) is 0 Å². The average molecular weight is 278 g/mol. The maximum absolute atomic E-state index is 12.2. The van der Waals surface area contributed by atoms with Gasteiger partial charge in [-0.25, -0.2) is 9.78 Å². The van der Waals surface area contributed by atoms with Crippen molar-refractivity contribution in [1.29, 1.82) is 0 Å². The zero-order valence-electron chi connectivity index (χ0n) is 11.9. The predicted octanol–water partition coefficient (Wildman–Crippen LogP) is -1.62. The van der Waals surface area contributed by atoms with E-state index >= 15 is 0 Å². The van der Waals surface area contributed by atoms with Crippen LogP contribution in [0.5, 0.6) is 0 Å². The van der Waals surface area contributed by atoms with Gasteiger partial charge in [-0.2, -0.15) is 0 Å². The number of aromatic nitrogens is 4. The summed E-state index contributed by atoms with van der Waals surface area (Å²) in [5.74, 6) is 0.736. The minimum Gasteiger partial charge on any atom is -0.340 e. The number of piperazine rings is 1. The second-order valence-electron chi connectivity index (χ2n) is 5.09. The summed E-state index contributed by atoms with van der Waals surface area (Å²) in [6, 6.07) is 0. The Morgan fingerprint density at radius 2 is 1.65 bits per heavy atom. The Hall–Kier alpha value is -2.09. The normalized spacial score (nSPS) is 16.1. The predicted molar refractivity (Wildman–Crippen MR) is 76.3 cm³/mol. The Morgan fingerprint density at radius 1 is 1.00 bits per heavy atom. The van der Waals surface area contributed by atoms with E-state index in [9.17, 15) is 9.59 Å². The van der Waals surface area contributed by atoms with Crippen LogP contribution in [0.1, 0.15) is 0 Å². The lowest BCUT2D eigenvalue weighted by molar-refractivity contribution is 0.574. The van der Waals surface area contributed by atoms with E-state index in [0.29, 0.717) is 11.2 Å². The van der Waals surface area contributed by atoms with Crippen LogP contribution in [0.15, 0.2) is 9.59 Å². The molecule has 3 heterocycles. The van der Waals surface area contributed by atoms with Crippen molar-refractivity contribution in [3.8, 4) is 0 Å². The summed E-state index contributed by atoms with van der Waals surface area (Å²) in [6.07, 6.45) is 0. The number of imidazole rings is 1. The lowest BCUT2D eigenvalue weighted by Crippen LogP contribution is -2.44. The molecule has 0 spiro atoms. The van der Waals surface area contributed by atoms with Crippen LogP contribution in [0.2, 0.25) is 0 Å². The molecule has 0 bridgehead atoms. The molecule has 3 rings (SSSR count). The monoisotopic (exact) mass is 278 g/mol. The first-order valence-electron chi connectivity index (χ1n) is 6.60. The molecule has 1 fully saturated rings. The molecule has 1 aliphatic heterocycles. The molecule has 0 radical (unpaired) electrons. The number of hydrogen-bond acceptors (Lipinski definition) is 5. The fraction of sp³-hybridized carbons (Fsp3) is 0.583. The smallest absolute Gasteiger partial charge is 0.332 e. The molecule has 20 heavy (non-hydrogen) atoms. The Kier molecular flexibility index (Phi) is 2.89. The van der Waals surface area contributed by atoms with Gasteiger partial charge in [-0.05, 0) is 0 Å². The third-order valence-electron chi connectivity index (χ3n) is 3.84. The summed E-state index contributed by atoms with van der Waals surface area (Å²) in [6.45, 7) is 3.46. The van der Waals surface area contributed by atoms with Crippen molar-refractivity contribution in [3.05, 3.63) is 20.8 Å². The van der Waals surface area contributed by atoms with Gasteiger partial charge < -0.3 is 10.2 Å². The van der Waals surface area contributed by atoms with E-state index in [0.717, 1.165) is 36.7 Å². The van der Waals surface area contributed by atoms with Crippen molar-refractivity contribution < 1.29 is 0 Å². The number of anilines is 1. The SMILES string of the molecule is Cn1c(=O)c2nc(N3CCNCC3)n(C)c2n(C)c1=O. The number of fused-ring (bicyclic) bond motifs is 1. The molecule has 2 aromatic heterocycles. The largest absolute Gasteiger partial charge is 0.340 e. The molecule has 0 saturated carbocycles. The van der Waals surface area contributed by atoms with Crippen LogP contribution >= 0.6 is 0 Å². The molecule has 8 heteroatoms. The Bertz CT molecular complexity index is 778. The van der Waals surface area contributed by atoms with Crippen molar-refractivity contribution in [2.75, 3.05) is 31.1 Å². The number of nitrogens with zero attached hydrogens (tertiary/aromatic N) is 5. The molecule has 8 nitrogen and oxygen atoms in total. The van der Waals surface area contributed by atoms with Crippen molar-refractivity contribution >= 4 is 17.1 Å². The quantitative estimate of drug-likeness (QED) is 0.678. The zero-order chi connectivity index (χ0) is 14.4. The van der Waals surface area contributed by atoms with Gasteiger partial charge in [-0.1, -0.05) is 0 Å². The number of aryl methyl sites for hydroxylation is 2. The van der Waals surface area contributed by atoms with Gasteiger partial charge in [0.05, 0.1) is 0 Å². The Morgan fingerprint density at radius 3 is 2.30 bits per heavy atom. The van der Waals surface area contributed by atoms with E-state index in [4.69, 9.17) is 0 Å². The summed E-state index contributed by atoms with van der Waals surface area (Å²) in [5, 5.41) is 3.28. The molecular weight excluding hydrogens is 260 g/mol. The first kappa shape index (κ1) is 12.9. The minimum absolute atomic E-state index is 0.336. The first-order valence-corrected chi connectivity index (χ1v) is 6.60. The second kappa shape index (κ2) is 4.48. The Labute approximate surface area is 115 Å². The summed E-state index contributed by atoms with van der Waals surface area (Å²) >= 11 is 0. The van der Waals surface area contributed by atoms with Gasteiger partial charge in [0.25, 0.3) is 5.56 Å².